The molecule has 3 aliphatic heterocycles. The summed E-state index contributed by atoms with van der Waals surface area (Å²) in [5, 5.41) is 145. The van der Waals surface area contributed by atoms with Crippen molar-refractivity contribution in [2.45, 2.75) is 78.4 Å². The maximum atomic E-state index is 12.8. The Balaban J connectivity index is 1.05. The Kier molecular flexibility index (Phi) is 11.8. The van der Waals surface area contributed by atoms with Crippen molar-refractivity contribution in [1.82, 2.24) is 0 Å². The van der Waals surface area contributed by atoms with Crippen LogP contribution in [0.5, 0.6) is 69.0 Å². The number of fused-ring (bicyclic) bond motifs is 3. The minimum Gasteiger partial charge on any atom is -0.508 e. The van der Waals surface area contributed by atoms with Gasteiger partial charge in [-0.2, -0.15) is 0 Å². The van der Waals surface area contributed by atoms with Gasteiger partial charge < -0.3 is 85.3 Å². The molecule has 0 saturated carbocycles. The third-order valence-corrected chi connectivity index (χ3v) is 16.5. The zero-order chi connectivity index (χ0) is 54.9. The highest BCUT2D eigenvalue weighted by molar-refractivity contribution is 5.73. The maximum absolute atomic E-state index is 12.8. The van der Waals surface area contributed by atoms with Gasteiger partial charge in [0, 0.05) is 64.1 Å². The van der Waals surface area contributed by atoms with E-state index in [0.29, 0.717) is 72.5 Å². The van der Waals surface area contributed by atoms with Crippen LogP contribution < -0.4 is 14.2 Å². The molecule has 0 spiro atoms. The maximum Gasteiger partial charge on any atom is 0.229 e. The van der Waals surface area contributed by atoms with Crippen molar-refractivity contribution in [2.24, 2.45) is 0 Å². The summed E-state index contributed by atoms with van der Waals surface area (Å²) in [4.78, 5) is 0. The van der Waals surface area contributed by atoms with Crippen LogP contribution in [-0.4, -0.2) is 104 Å². The molecule has 17 heteroatoms. The molecule has 13 atom stereocenters. The van der Waals surface area contributed by atoms with Crippen LogP contribution in [0.25, 0.3) is 0 Å². The number of ether oxygens (including phenoxy) is 4. The Morgan fingerprint density at radius 2 is 0.924 bits per heavy atom. The highest BCUT2D eigenvalue weighted by atomic mass is 16.7. The number of aliphatic hydroxyl groups is 4. The van der Waals surface area contributed by atoms with Gasteiger partial charge in [-0.25, -0.2) is 0 Å². The second kappa shape index (κ2) is 18.7. The zero-order valence-corrected chi connectivity index (χ0v) is 41.5. The monoisotopic (exact) mass is 1070 g/mol. The summed E-state index contributed by atoms with van der Waals surface area (Å²) in [6.45, 7) is -0.709. The van der Waals surface area contributed by atoms with Crippen molar-refractivity contribution in [1.29, 1.82) is 0 Å². The van der Waals surface area contributed by atoms with Gasteiger partial charge in [0.2, 0.25) is 6.29 Å². The SMILES string of the molecule is OC[C@H]1O[C@@H](Oc2cc(O)cc([C@@H]3c4cc([C@H]5c6c(O)cc7c8c6[C@@H]([C@H](c6ccc(O)cc6)c6c(O)cc(O)cc6[C@H]8[C@H](c6ccc(O)cc6)O7)[C@@H]5c5ccc(O)cc5)cc(O)c4O[C@H]3c3ccc(O)cc3)c2)[C@H](O)[C@@H](O)[C@@H]1O. The molecule has 5 aliphatic rings. The van der Waals surface area contributed by atoms with E-state index in [1.807, 2.05) is 6.07 Å². The second-order valence-corrected chi connectivity index (χ2v) is 21.0. The zero-order valence-electron chi connectivity index (χ0n) is 41.5. The van der Waals surface area contributed by atoms with Crippen molar-refractivity contribution in [3.63, 3.8) is 0 Å². The van der Waals surface area contributed by atoms with Gasteiger partial charge in [-0.15, -0.1) is 0 Å². The van der Waals surface area contributed by atoms with Crippen LogP contribution >= 0.6 is 0 Å². The fraction of sp³-hybridized carbons (Fsp3) is 0.226. The fourth-order valence-electron chi connectivity index (χ4n) is 13.3. The van der Waals surface area contributed by atoms with E-state index >= 15 is 0 Å². The number of aromatic hydroxyl groups is 9. The van der Waals surface area contributed by atoms with Crippen LogP contribution in [0.4, 0.5) is 0 Å². The van der Waals surface area contributed by atoms with E-state index in [9.17, 15) is 66.4 Å². The van der Waals surface area contributed by atoms with E-state index in [4.69, 9.17) is 18.9 Å². The van der Waals surface area contributed by atoms with Crippen LogP contribution in [0.1, 0.15) is 114 Å². The van der Waals surface area contributed by atoms with Crippen LogP contribution in [0, 0.1) is 0 Å². The van der Waals surface area contributed by atoms with Gasteiger partial charge in [0.25, 0.3) is 0 Å². The minimum atomic E-state index is -1.78. The molecule has 0 radical (unpaired) electrons. The number of hydrogen-bond acceptors (Lipinski definition) is 17. The molecule has 13 N–H and O–H groups in total. The standard InChI is InChI=1S/C62H52O17/c63-25-45-56(73)57(74)58(75)62(78-45)76-38-18-30(17-36(68)21-38)46-40-19-31(20-43(72)61(40)79-59(46)28-5-13-34(66)14-6-28)49-47(26-1-9-32(64)10-2-26)54-48(27-3-11-33(65)12-4-27)50-39(22-37(69)23-41(50)70)51-53-44(24-42(71)52(49)55(53)54)77-60(51)29-7-15-35(67)16-8-29/h1-24,45-49,51,54,56-60,62-75H,25H2/t45-,46-,47-,48-,49-,51-,54-,56-,57+,58-,59+,60+,62-/m1/s1. The van der Waals surface area contributed by atoms with Gasteiger partial charge >= 0.3 is 0 Å². The minimum absolute atomic E-state index is 0.0111. The molecule has 17 nitrogen and oxygen atoms in total. The Morgan fingerprint density at radius 1 is 0.380 bits per heavy atom. The first kappa shape index (κ1) is 49.7. The molecule has 79 heavy (non-hydrogen) atoms. The van der Waals surface area contributed by atoms with E-state index < -0.39 is 85.0 Å². The average molecular weight is 1070 g/mol. The highest BCUT2D eigenvalue weighted by Gasteiger charge is 2.57. The number of hydrogen-bond donors (Lipinski definition) is 13. The molecule has 0 aromatic heterocycles. The predicted molar refractivity (Wildman–Crippen MR) is 281 cm³/mol. The van der Waals surface area contributed by atoms with Gasteiger partial charge in [-0.1, -0.05) is 54.6 Å². The summed E-state index contributed by atoms with van der Waals surface area (Å²) >= 11 is 0. The molecule has 0 bridgehead atoms. The van der Waals surface area contributed by atoms with E-state index in [0.717, 1.165) is 0 Å². The molecule has 0 unspecified atom stereocenters. The first-order chi connectivity index (χ1) is 38.0. The molecule has 13 rings (SSSR count). The molecule has 8 aromatic carbocycles. The number of aliphatic hydroxyl groups excluding tert-OH is 4. The largest absolute Gasteiger partial charge is 0.508 e. The summed E-state index contributed by atoms with van der Waals surface area (Å²) < 4.78 is 25.3. The van der Waals surface area contributed by atoms with Crippen LogP contribution in [0.3, 0.4) is 0 Å². The van der Waals surface area contributed by atoms with E-state index in [1.54, 1.807) is 97.1 Å². The van der Waals surface area contributed by atoms with Gasteiger partial charge in [-0.05, 0) is 117 Å². The van der Waals surface area contributed by atoms with Crippen molar-refractivity contribution in [3.8, 4) is 69.0 Å². The van der Waals surface area contributed by atoms with Gasteiger partial charge in [-0.3, -0.25) is 0 Å². The van der Waals surface area contributed by atoms with Crippen molar-refractivity contribution >= 4 is 0 Å². The lowest BCUT2D eigenvalue weighted by atomic mass is 9.68. The summed E-state index contributed by atoms with van der Waals surface area (Å²) in [7, 11) is 0. The number of phenols is 9. The molecular weight excluding hydrogens is 1020 g/mol. The summed E-state index contributed by atoms with van der Waals surface area (Å²) in [5.74, 6) is -5.59. The summed E-state index contributed by atoms with van der Waals surface area (Å²) in [6, 6.07) is 38.2. The molecular formula is C62H52O17. The lowest BCUT2D eigenvalue weighted by molar-refractivity contribution is -0.277. The summed E-state index contributed by atoms with van der Waals surface area (Å²) in [6.07, 6.45) is -9.85. The first-order valence-corrected chi connectivity index (χ1v) is 25.7. The van der Waals surface area contributed by atoms with E-state index in [1.165, 1.54) is 42.5 Å². The van der Waals surface area contributed by atoms with Gasteiger partial charge in [0.15, 0.2) is 11.5 Å². The fourth-order valence-corrected chi connectivity index (χ4v) is 13.3. The van der Waals surface area contributed by atoms with Crippen LogP contribution in [-0.2, 0) is 4.74 Å². The molecule has 8 aromatic rings. The number of rotatable bonds is 9. The first-order valence-electron chi connectivity index (χ1n) is 25.7. The Labute approximate surface area is 450 Å². The smallest absolute Gasteiger partial charge is 0.229 e. The highest BCUT2D eigenvalue weighted by Crippen LogP contribution is 2.71. The van der Waals surface area contributed by atoms with Crippen molar-refractivity contribution in [2.75, 3.05) is 6.61 Å². The molecule has 1 saturated heterocycles. The summed E-state index contributed by atoms with van der Waals surface area (Å²) in [5.41, 5.74) is 6.58. The lowest BCUT2D eigenvalue weighted by Gasteiger charge is -2.39. The quantitative estimate of drug-likeness (QED) is 0.0653. The van der Waals surface area contributed by atoms with Crippen LogP contribution in [0.2, 0.25) is 0 Å². The number of benzene rings is 8. The van der Waals surface area contributed by atoms with E-state index in [-0.39, 0.29) is 63.2 Å². The van der Waals surface area contributed by atoms with Gasteiger partial charge in [0.05, 0.1) is 18.4 Å². The Bertz CT molecular complexity index is 3680. The van der Waals surface area contributed by atoms with Gasteiger partial charge in [0.1, 0.15) is 94.1 Å². The average Bonchev–Trinajstić information content (AvgIpc) is 3.45. The third-order valence-electron chi connectivity index (χ3n) is 16.5. The Hall–Kier alpha value is -8.84. The van der Waals surface area contributed by atoms with Crippen LogP contribution in [0.15, 0.2) is 146 Å². The van der Waals surface area contributed by atoms with Crippen molar-refractivity contribution < 1.29 is 85.3 Å². The lowest BCUT2D eigenvalue weighted by Crippen LogP contribution is -2.60. The topological polar surface area (TPSA) is 300 Å². The second-order valence-electron chi connectivity index (χ2n) is 21.0. The van der Waals surface area contributed by atoms with Crippen molar-refractivity contribution in [3.05, 3.63) is 212 Å². The molecule has 402 valence electrons. The normalized spacial score (nSPS) is 27.0. The molecule has 1 fully saturated rings. The Morgan fingerprint density at radius 3 is 1.54 bits per heavy atom. The number of phenolic OH excluding ortho intramolecular Hbond substituents is 9. The van der Waals surface area contributed by atoms with E-state index in [2.05, 4.69) is 0 Å². The third kappa shape index (κ3) is 8.02. The molecule has 3 heterocycles. The molecule has 0 amide bonds. The molecule has 2 aliphatic carbocycles. The predicted octanol–water partition coefficient (Wildman–Crippen LogP) is 7.91.